The molecule has 0 bridgehead atoms. The van der Waals surface area contributed by atoms with Crippen molar-refractivity contribution in [2.45, 2.75) is 6.42 Å². The monoisotopic (exact) mass is 213 g/mol. The normalized spacial score (nSPS) is 21.6. The smallest absolute Gasteiger partial charge is 0.308 e. The molecule has 1 aliphatic heterocycles. The van der Waals surface area contributed by atoms with Crippen molar-refractivity contribution in [2.24, 2.45) is 5.92 Å². The second-order valence-electron chi connectivity index (χ2n) is 2.96. The van der Waals surface area contributed by atoms with Crippen LogP contribution >= 0.6 is 11.3 Å². The van der Waals surface area contributed by atoms with Crippen LogP contribution in [0.2, 0.25) is 0 Å². The number of aliphatic carboxylic acids is 1. The van der Waals surface area contributed by atoms with Crippen molar-refractivity contribution >= 4 is 28.3 Å². The zero-order valence-electron chi connectivity index (χ0n) is 7.08. The van der Waals surface area contributed by atoms with E-state index in [1.165, 1.54) is 21.7 Å². The first kappa shape index (κ1) is 9.07. The Morgan fingerprint density at radius 2 is 2.50 bits per heavy atom. The molecule has 6 nitrogen and oxygen atoms in total. The molecule has 0 aromatic carbocycles. The lowest BCUT2D eigenvalue weighted by Crippen LogP contribution is -2.25. The van der Waals surface area contributed by atoms with E-state index in [2.05, 4.69) is 10.2 Å². The van der Waals surface area contributed by atoms with Gasteiger partial charge in [-0.3, -0.25) is 14.5 Å². The third-order valence-electron chi connectivity index (χ3n) is 2.05. The van der Waals surface area contributed by atoms with Crippen molar-refractivity contribution in [3.63, 3.8) is 0 Å². The van der Waals surface area contributed by atoms with E-state index in [0.717, 1.165) is 0 Å². The highest BCUT2D eigenvalue weighted by atomic mass is 32.1. The first-order valence-electron chi connectivity index (χ1n) is 3.98. The topological polar surface area (TPSA) is 83.4 Å². The number of amides is 1. The van der Waals surface area contributed by atoms with E-state index in [1.54, 1.807) is 0 Å². The average Bonchev–Trinajstić information content (AvgIpc) is 2.71. The Hall–Kier alpha value is -1.50. The summed E-state index contributed by atoms with van der Waals surface area (Å²) in [7, 11) is 0. The van der Waals surface area contributed by atoms with Gasteiger partial charge in [-0.2, -0.15) is 0 Å². The lowest BCUT2D eigenvalue weighted by molar-refractivity contribution is -0.141. The van der Waals surface area contributed by atoms with Gasteiger partial charge in [-0.1, -0.05) is 11.3 Å². The molecule has 0 aliphatic carbocycles. The highest BCUT2D eigenvalue weighted by Gasteiger charge is 2.36. The number of hydrogen-bond donors (Lipinski definition) is 1. The SMILES string of the molecule is O=C(O)C1CC(=O)N(c2nncs2)C1. The summed E-state index contributed by atoms with van der Waals surface area (Å²) in [4.78, 5) is 23.4. The van der Waals surface area contributed by atoms with E-state index in [-0.39, 0.29) is 18.9 Å². The second-order valence-corrected chi connectivity index (χ2v) is 3.78. The molecule has 14 heavy (non-hydrogen) atoms. The van der Waals surface area contributed by atoms with E-state index in [9.17, 15) is 9.59 Å². The molecule has 2 heterocycles. The summed E-state index contributed by atoms with van der Waals surface area (Å²) in [5.74, 6) is -1.76. The zero-order valence-corrected chi connectivity index (χ0v) is 7.90. The van der Waals surface area contributed by atoms with Crippen LogP contribution in [0.3, 0.4) is 0 Å². The standard InChI is InChI=1S/C7H7N3O3S/c11-5-1-4(6(12)13)2-10(5)7-9-8-3-14-7/h3-4H,1-2H2,(H,12,13). The van der Waals surface area contributed by atoms with Crippen LogP contribution in [0.5, 0.6) is 0 Å². The molecule has 7 heteroatoms. The first-order chi connectivity index (χ1) is 6.68. The quantitative estimate of drug-likeness (QED) is 0.746. The van der Waals surface area contributed by atoms with Gasteiger partial charge in [0.2, 0.25) is 11.0 Å². The maximum Gasteiger partial charge on any atom is 0.308 e. The molecule has 1 fully saturated rings. The van der Waals surface area contributed by atoms with Gasteiger partial charge in [-0.15, -0.1) is 10.2 Å². The van der Waals surface area contributed by atoms with Crippen LogP contribution in [0, 0.1) is 5.92 Å². The Kier molecular flexibility index (Phi) is 2.16. The van der Waals surface area contributed by atoms with Gasteiger partial charge in [0.25, 0.3) is 0 Å². The third kappa shape index (κ3) is 1.46. The molecule has 0 spiro atoms. The van der Waals surface area contributed by atoms with Crippen LogP contribution < -0.4 is 4.90 Å². The van der Waals surface area contributed by atoms with Crippen LogP contribution in [0.4, 0.5) is 5.13 Å². The van der Waals surface area contributed by atoms with Crippen molar-refractivity contribution < 1.29 is 14.7 Å². The van der Waals surface area contributed by atoms with Gasteiger partial charge in [0.1, 0.15) is 5.51 Å². The van der Waals surface area contributed by atoms with Crippen LogP contribution in [-0.4, -0.2) is 33.7 Å². The number of carbonyl (C=O) groups is 2. The van der Waals surface area contributed by atoms with Crippen LogP contribution in [0.15, 0.2) is 5.51 Å². The van der Waals surface area contributed by atoms with Gasteiger partial charge in [0.15, 0.2) is 0 Å². The van der Waals surface area contributed by atoms with Crippen molar-refractivity contribution in [3.05, 3.63) is 5.51 Å². The predicted molar refractivity (Wildman–Crippen MR) is 48.0 cm³/mol. The molecule has 1 unspecified atom stereocenters. The van der Waals surface area contributed by atoms with Gasteiger partial charge in [-0.25, -0.2) is 0 Å². The predicted octanol–water partition coefficient (Wildman–Crippen LogP) is -0.0244. The zero-order chi connectivity index (χ0) is 10.1. The first-order valence-corrected chi connectivity index (χ1v) is 4.86. The fraction of sp³-hybridized carbons (Fsp3) is 0.429. The summed E-state index contributed by atoms with van der Waals surface area (Å²) < 4.78 is 0. The molecule has 1 saturated heterocycles. The minimum Gasteiger partial charge on any atom is -0.481 e. The number of nitrogens with zero attached hydrogens (tertiary/aromatic N) is 3. The fourth-order valence-electron chi connectivity index (χ4n) is 1.34. The molecule has 1 aromatic rings. The third-order valence-corrected chi connectivity index (χ3v) is 2.77. The Morgan fingerprint density at radius 1 is 1.71 bits per heavy atom. The maximum absolute atomic E-state index is 11.4. The molecular formula is C7H7N3O3S. The molecule has 1 N–H and O–H groups in total. The summed E-state index contributed by atoms with van der Waals surface area (Å²) in [6, 6.07) is 0. The molecule has 1 atom stereocenters. The molecule has 1 aliphatic rings. The highest BCUT2D eigenvalue weighted by molar-refractivity contribution is 7.13. The summed E-state index contributed by atoms with van der Waals surface area (Å²) >= 11 is 1.23. The number of anilines is 1. The summed E-state index contributed by atoms with van der Waals surface area (Å²) in [5, 5.41) is 16.5. The number of carbonyl (C=O) groups excluding carboxylic acids is 1. The average molecular weight is 213 g/mol. The van der Waals surface area contributed by atoms with Crippen LogP contribution in [0.25, 0.3) is 0 Å². The number of hydrogen-bond acceptors (Lipinski definition) is 5. The van der Waals surface area contributed by atoms with E-state index in [1.807, 2.05) is 0 Å². The minimum atomic E-state index is -0.939. The highest BCUT2D eigenvalue weighted by Crippen LogP contribution is 2.25. The van der Waals surface area contributed by atoms with Gasteiger partial charge < -0.3 is 5.11 Å². The summed E-state index contributed by atoms with van der Waals surface area (Å²) in [6.45, 7) is 0.198. The Bertz CT molecular complexity index is 364. The molecular weight excluding hydrogens is 206 g/mol. The van der Waals surface area contributed by atoms with Gasteiger partial charge in [0, 0.05) is 13.0 Å². The molecule has 1 aromatic heterocycles. The number of carboxylic acid groups (broad SMARTS) is 1. The van der Waals surface area contributed by atoms with Crippen molar-refractivity contribution in [2.75, 3.05) is 11.4 Å². The fourth-order valence-corrected chi connectivity index (χ4v) is 1.93. The van der Waals surface area contributed by atoms with Gasteiger partial charge in [0.05, 0.1) is 5.92 Å². The molecule has 0 saturated carbocycles. The van der Waals surface area contributed by atoms with E-state index >= 15 is 0 Å². The number of aromatic nitrogens is 2. The Labute approximate surface area is 83.2 Å². The van der Waals surface area contributed by atoms with Gasteiger partial charge in [-0.05, 0) is 0 Å². The van der Waals surface area contributed by atoms with E-state index < -0.39 is 11.9 Å². The van der Waals surface area contributed by atoms with Crippen molar-refractivity contribution in [1.82, 2.24) is 10.2 Å². The summed E-state index contributed by atoms with van der Waals surface area (Å²) in [6.07, 6.45) is 0.0505. The molecule has 74 valence electrons. The number of carboxylic acids is 1. The van der Waals surface area contributed by atoms with Crippen molar-refractivity contribution in [1.29, 1.82) is 0 Å². The molecule has 0 radical (unpaired) electrons. The van der Waals surface area contributed by atoms with Crippen LogP contribution in [-0.2, 0) is 9.59 Å². The lowest BCUT2D eigenvalue weighted by Gasteiger charge is -2.09. The molecule has 2 rings (SSSR count). The maximum atomic E-state index is 11.4. The minimum absolute atomic E-state index is 0.0505. The summed E-state index contributed by atoms with van der Waals surface area (Å²) in [5.41, 5.74) is 1.51. The Morgan fingerprint density at radius 3 is 3.00 bits per heavy atom. The van der Waals surface area contributed by atoms with E-state index in [0.29, 0.717) is 5.13 Å². The van der Waals surface area contributed by atoms with Crippen LogP contribution in [0.1, 0.15) is 6.42 Å². The van der Waals surface area contributed by atoms with E-state index in [4.69, 9.17) is 5.11 Å². The molecule has 1 amide bonds. The van der Waals surface area contributed by atoms with Crippen molar-refractivity contribution in [3.8, 4) is 0 Å². The van der Waals surface area contributed by atoms with Gasteiger partial charge >= 0.3 is 5.97 Å². The largest absolute Gasteiger partial charge is 0.481 e. The lowest BCUT2D eigenvalue weighted by atomic mass is 10.1. The second kappa shape index (κ2) is 3.33. The number of rotatable bonds is 2. The Balaban J connectivity index is 2.16.